The summed E-state index contributed by atoms with van der Waals surface area (Å²) in [4.78, 5) is 15.5. The second kappa shape index (κ2) is 6.81. The number of urea groups is 1. The fraction of sp³-hybridized carbons (Fsp3) is 0. The summed E-state index contributed by atoms with van der Waals surface area (Å²) in [7, 11) is 0. The van der Waals surface area contributed by atoms with Gasteiger partial charge in [-0.1, -0.05) is 18.2 Å². The zero-order valence-electron chi connectivity index (χ0n) is 10.3. The lowest BCUT2D eigenvalue weighted by atomic mass is 10.2. The molecule has 102 valence electrons. The summed E-state index contributed by atoms with van der Waals surface area (Å²) < 4.78 is 14.1. The molecule has 2 amide bonds. The number of nitrogens with one attached hydrogen (secondary N) is 2. The SMILES string of the molecule is O=C(N/C=C/c1ccccc1F)Nc1ccc(Br)cn1. The first-order valence-electron chi connectivity index (χ1n) is 5.75. The normalized spacial score (nSPS) is 10.5. The molecular formula is C14H11BrFN3O. The van der Waals surface area contributed by atoms with Crippen molar-refractivity contribution in [3.05, 3.63) is 64.6 Å². The molecule has 0 unspecified atom stereocenters. The molecule has 2 N–H and O–H groups in total. The average Bonchev–Trinajstić information content (AvgIpc) is 2.43. The fourth-order valence-corrected chi connectivity index (χ4v) is 1.65. The van der Waals surface area contributed by atoms with Crippen LogP contribution in [0.4, 0.5) is 15.0 Å². The molecule has 0 bridgehead atoms. The van der Waals surface area contributed by atoms with Crippen molar-refractivity contribution in [1.29, 1.82) is 0 Å². The number of rotatable bonds is 3. The molecule has 6 heteroatoms. The molecule has 0 aliphatic carbocycles. The average molecular weight is 336 g/mol. The van der Waals surface area contributed by atoms with Gasteiger partial charge in [0, 0.05) is 22.4 Å². The van der Waals surface area contributed by atoms with Gasteiger partial charge in [-0.3, -0.25) is 5.32 Å². The number of hydrogen-bond acceptors (Lipinski definition) is 2. The first kappa shape index (κ1) is 14.2. The Balaban J connectivity index is 1.89. The first-order valence-corrected chi connectivity index (χ1v) is 6.54. The maximum Gasteiger partial charge on any atom is 0.324 e. The van der Waals surface area contributed by atoms with E-state index in [1.54, 1.807) is 36.5 Å². The molecule has 0 spiro atoms. The van der Waals surface area contributed by atoms with Crippen LogP contribution in [-0.2, 0) is 0 Å². The fourth-order valence-electron chi connectivity index (χ4n) is 1.42. The van der Waals surface area contributed by atoms with Gasteiger partial charge in [-0.15, -0.1) is 0 Å². The molecule has 1 heterocycles. The molecule has 0 aliphatic heterocycles. The smallest absolute Gasteiger partial charge is 0.314 e. The molecule has 4 nitrogen and oxygen atoms in total. The Bertz CT molecular complexity index is 629. The Morgan fingerprint density at radius 3 is 2.75 bits per heavy atom. The Hall–Kier alpha value is -2.21. The van der Waals surface area contributed by atoms with Gasteiger partial charge in [-0.2, -0.15) is 0 Å². The number of carbonyl (C=O) groups is 1. The number of halogens is 2. The summed E-state index contributed by atoms with van der Waals surface area (Å²) in [6, 6.07) is 9.25. The van der Waals surface area contributed by atoms with Gasteiger partial charge in [0.25, 0.3) is 0 Å². The standard InChI is InChI=1S/C14H11BrFN3O/c15-11-5-6-13(18-9-11)19-14(20)17-8-7-10-3-1-2-4-12(10)16/h1-9H,(H2,17,18,19,20)/b8-7+. The Morgan fingerprint density at radius 2 is 2.05 bits per heavy atom. The van der Waals surface area contributed by atoms with E-state index in [1.807, 2.05) is 0 Å². The molecule has 1 aromatic carbocycles. The molecule has 2 aromatic rings. The summed E-state index contributed by atoms with van der Waals surface area (Å²) in [6.45, 7) is 0. The van der Waals surface area contributed by atoms with Gasteiger partial charge < -0.3 is 5.32 Å². The van der Waals surface area contributed by atoms with Crippen LogP contribution in [0.25, 0.3) is 6.08 Å². The third-order valence-corrected chi connectivity index (χ3v) is 2.82. The molecule has 0 saturated heterocycles. The molecule has 20 heavy (non-hydrogen) atoms. The van der Waals surface area contributed by atoms with Crippen LogP contribution >= 0.6 is 15.9 Å². The molecule has 0 fully saturated rings. The minimum atomic E-state index is -0.451. The Morgan fingerprint density at radius 1 is 1.25 bits per heavy atom. The molecule has 2 rings (SSSR count). The predicted molar refractivity (Wildman–Crippen MR) is 79.5 cm³/mol. The second-order valence-corrected chi connectivity index (χ2v) is 4.73. The van der Waals surface area contributed by atoms with Crippen molar-refractivity contribution in [1.82, 2.24) is 10.3 Å². The Labute approximate surface area is 123 Å². The predicted octanol–water partition coefficient (Wildman–Crippen LogP) is 3.78. The number of benzene rings is 1. The van der Waals surface area contributed by atoms with Gasteiger partial charge in [0.05, 0.1) is 0 Å². The van der Waals surface area contributed by atoms with Crippen LogP contribution in [0.15, 0.2) is 53.3 Å². The van der Waals surface area contributed by atoms with E-state index in [4.69, 9.17) is 0 Å². The van der Waals surface area contributed by atoms with E-state index in [0.717, 1.165) is 4.47 Å². The van der Waals surface area contributed by atoms with Crippen LogP contribution in [0.3, 0.4) is 0 Å². The summed E-state index contributed by atoms with van der Waals surface area (Å²) in [5.41, 5.74) is 0.398. The summed E-state index contributed by atoms with van der Waals surface area (Å²) in [5, 5.41) is 5.02. The molecule has 1 aromatic heterocycles. The van der Waals surface area contributed by atoms with E-state index in [1.165, 1.54) is 18.3 Å². The van der Waals surface area contributed by atoms with E-state index >= 15 is 0 Å². The topological polar surface area (TPSA) is 54.0 Å². The maximum atomic E-state index is 13.3. The first-order chi connectivity index (χ1) is 9.65. The quantitative estimate of drug-likeness (QED) is 0.896. The maximum absolute atomic E-state index is 13.3. The van der Waals surface area contributed by atoms with Crippen LogP contribution < -0.4 is 10.6 Å². The van der Waals surface area contributed by atoms with Crippen LogP contribution in [0.2, 0.25) is 0 Å². The van der Waals surface area contributed by atoms with Gasteiger partial charge >= 0.3 is 6.03 Å². The van der Waals surface area contributed by atoms with E-state index in [9.17, 15) is 9.18 Å². The third kappa shape index (κ3) is 4.17. The van der Waals surface area contributed by atoms with Crippen molar-refractivity contribution in [2.24, 2.45) is 0 Å². The molecule has 0 aliphatic rings. The zero-order valence-corrected chi connectivity index (χ0v) is 11.9. The highest BCUT2D eigenvalue weighted by atomic mass is 79.9. The lowest BCUT2D eigenvalue weighted by Gasteiger charge is -2.03. The minimum absolute atomic E-state index is 0.347. The minimum Gasteiger partial charge on any atom is -0.314 e. The van der Waals surface area contributed by atoms with E-state index in [0.29, 0.717) is 11.4 Å². The summed E-state index contributed by atoms with van der Waals surface area (Å²) >= 11 is 3.25. The van der Waals surface area contributed by atoms with Crippen molar-refractivity contribution in [2.45, 2.75) is 0 Å². The number of pyridine rings is 1. The van der Waals surface area contributed by atoms with Crippen molar-refractivity contribution in [3.63, 3.8) is 0 Å². The lowest BCUT2D eigenvalue weighted by molar-refractivity contribution is 0.255. The Kier molecular flexibility index (Phi) is 4.84. The lowest BCUT2D eigenvalue weighted by Crippen LogP contribution is -2.24. The number of carbonyl (C=O) groups excluding carboxylic acids is 1. The molecule has 0 saturated carbocycles. The zero-order chi connectivity index (χ0) is 14.4. The molecular weight excluding hydrogens is 325 g/mol. The van der Waals surface area contributed by atoms with Gasteiger partial charge in [0.15, 0.2) is 0 Å². The number of anilines is 1. The van der Waals surface area contributed by atoms with Crippen LogP contribution in [0.1, 0.15) is 5.56 Å². The van der Waals surface area contributed by atoms with Crippen molar-refractivity contribution < 1.29 is 9.18 Å². The number of aromatic nitrogens is 1. The van der Waals surface area contributed by atoms with Crippen LogP contribution in [-0.4, -0.2) is 11.0 Å². The number of hydrogen-bond donors (Lipinski definition) is 2. The van der Waals surface area contributed by atoms with Crippen LogP contribution in [0.5, 0.6) is 0 Å². The summed E-state index contributed by atoms with van der Waals surface area (Å²) in [6.07, 6.45) is 4.42. The van der Waals surface area contributed by atoms with Crippen molar-refractivity contribution >= 4 is 33.9 Å². The van der Waals surface area contributed by atoms with Crippen molar-refractivity contribution in [2.75, 3.05) is 5.32 Å². The van der Waals surface area contributed by atoms with E-state index < -0.39 is 6.03 Å². The van der Waals surface area contributed by atoms with Gasteiger partial charge in [-0.05, 0) is 40.2 Å². The molecule has 0 atom stereocenters. The second-order valence-electron chi connectivity index (χ2n) is 3.81. The highest BCUT2D eigenvalue weighted by Gasteiger charge is 2.00. The van der Waals surface area contributed by atoms with Gasteiger partial charge in [-0.25, -0.2) is 14.2 Å². The van der Waals surface area contributed by atoms with E-state index in [-0.39, 0.29) is 5.82 Å². The largest absolute Gasteiger partial charge is 0.324 e. The third-order valence-electron chi connectivity index (χ3n) is 2.35. The highest BCUT2D eigenvalue weighted by molar-refractivity contribution is 9.10. The van der Waals surface area contributed by atoms with Crippen LogP contribution in [0, 0.1) is 5.82 Å². The number of nitrogens with zero attached hydrogens (tertiary/aromatic N) is 1. The number of amides is 2. The highest BCUT2D eigenvalue weighted by Crippen LogP contribution is 2.10. The van der Waals surface area contributed by atoms with E-state index in [2.05, 4.69) is 31.5 Å². The van der Waals surface area contributed by atoms with Gasteiger partial charge in [0.2, 0.25) is 0 Å². The van der Waals surface area contributed by atoms with Crippen molar-refractivity contribution in [3.8, 4) is 0 Å². The molecule has 0 radical (unpaired) electrons. The van der Waals surface area contributed by atoms with Gasteiger partial charge in [0.1, 0.15) is 11.6 Å². The summed E-state index contributed by atoms with van der Waals surface area (Å²) in [5.74, 6) is 0.0746. The monoisotopic (exact) mass is 335 g/mol.